The molecule has 4 heteroatoms. The summed E-state index contributed by atoms with van der Waals surface area (Å²) >= 11 is 3.73. The summed E-state index contributed by atoms with van der Waals surface area (Å²) in [6.07, 6.45) is 2.77. The lowest BCUT2D eigenvalue weighted by molar-refractivity contribution is 0.319. The molecule has 1 saturated heterocycles. The first-order valence-corrected chi connectivity index (χ1v) is 8.73. The Hall–Kier alpha value is -0.740. The van der Waals surface area contributed by atoms with E-state index in [0.29, 0.717) is 18.0 Å². The molecule has 3 rings (SSSR count). The number of ether oxygens (including phenoxy) is 1. The zero-order chi connectivity index (χ0) is 15.0. The Kier molecular flexibility index (Phi) is 4.46. The first-order valence-electron chi connectivity index (χ1n) is 7.93. The molecule has 2 aliphatic rings. The molecule has 1 aromatic rings. The fraction of sp³-hybridized carbons (Fsp3) is 0.647. The van der Waals surface area contributed by atoms with E-state index >= 15 is 0 Å². The lowest BCUT2D eigenvalue weighted by atomic mass is 9.96. The predicted molar refractivity (Wildman–Crippen MR) is 91.2 cm³/mol. The van der Waals surface area contributed by atoms with Crippen molar-refractivity contribution >= 4 is 21.6 Å². The molecule has 0 bridgehead atoms. The molecule has 0 spiro atoms. The molecular formula is C17H25BrN2O. The van der Waals surface area contributed by atoms with Gasteiger partial charge in [0.15, 0.2) is 0 Å². The Morgan fingerprint density at radius 1 is 1.33 bits per heavy atom. The molecule has 1 N–H and O–H groups in total. The summed E-state index contributed by atoms with van der Waals surface area (Å²) in [5.41, 5.74) is 1.26. The monoisotopic (exact) mass is 352 g/mol. The van der Waals surface area contributed by atoms with Gasteiger partial charge in [-0.3, -0.25) is 0 Å². The van der Waals surface area contributed by atoms with Gasteiger partial charge in [-0.1, -0.05) is 13.8 Å². The summed E-state index contributed by atoms with van der Waals surface area (Å²) < 4.78 is 6.58. The summed E-state index contributed by atoms with van der Waals surface area (Å²) in [7, 11) is 1.73. The van der Waals surface area contributed by atoms with Gasteiger partial charge in [-0.05, 0) is 52.7 Å². The smallest absolute Gasteiger partial charge is 0.121 e. The van der Waals surface area contributed by atoms with Crippen molar-refractivity contribution in [1.82, 2.24) is 5.32 Å². The Morgan fingerprint density at radius 3 is 2.71 bits per heavy atom. The van der Waals surface area contributed by atoms with Crippen LogP contribution in [0.25, 0.3) is 0 Å². The number of nitrogens with one attached hydrogen (secondary N) is 1. The highest BCUT2D eigenvalue weighted by molar-refractivity contribution is 9.10. The van der Waals surface area contributed by atoms with E-state index in [4.69, 9.17) is 4.74 Å². The van der Waals surface area contributed by atoms with E-state index in [-0.39, 0.29) is 0 Å². The highest BCUT2D eigenvalue weighted by Crippen LogP contribution is 2.38. The summed E-state index contributed by atoms with van der Waals surface area (Å²) in [5.74, 6) is 2.43. The Labute approximate surface area is 136 Å². The van der Waals surface area contributed by atoms with Crippen LogP contribution >= 0.6 is 15.9 Å². The van der Waals surface area contributed by atoms with Gasteiger partial charge in [0, 0.05) is 35.7 Å². The van der Waals surface area contributed by atoms with Crippen LogP contribution in [0.5, 0.6) is 5.75 Å². The van der Waals surface area contributed by atoms with Gasteiger partial charge in [0.2, 0.25) is 0 Å². The summed E-state index contributed by atoms with van der Waals surface area (Å²) in [5, 5.41) is 3.77. The molecule has 3 nitrogen and oxygen atoms in total. The second kappa shape index (κ2) is 6.17. The fourth-order valence-corrected chi connectivity index (χ4v) is 3.80. The second-order valence-corrected chi connectivity index (χ2v) is 7.49. The maximum absolute atomic E-state index is 5.42. The highest BCUT2D eigenvalue weighted by atomic mass is 79.9. The van der Waals surface area contributed by atoms with E-state index in [9.17, 15) is 0 Å². The van der Waals surface area contributed by atoms with Crippen LogP contribution < -0.4 is 15.0 Å². The van der Waals surface area contributed by atoms with E-state index < -0.39 is 0 Å². The van der Waals surface area contributed by atoms with Crippen molar-refractivity contribution < 1.29 is 4.74 Å². The Balaban J connectivity index is 1.90. The van der Waals surface area contributed by atoms with Crippen molar-refractivity contribution in [3.63, 3.8) is 0 Å². The van der Waals surface area contributed by atoms with Crippen LogP contribution in [0.1, 0.15) is 26.7 Å². The van der Waals surface area contributed by atoms with E-state index in [0.717, 1.165) is 29.2 Å². The molecule has 1 heterocycles. The van der Waals surface area contributed by atoms with Crippen molar-refractivity contribution in [2.75, 3.05) is 25.1 Å². The topological polar surface area (TPSA) is 24.5 Å². The predicted octanol–water partition coefficient (Wildman–Crippen LogP) is 3.67. The molecule has 2 atom stereocenters. The van der Waals surface area contributed by atoms with Crippen molar-refractivity contribution in [3.05, 3.63) is 22.7 Å². The molecule has 2 fully saturated rings. The number of hydrogen-bond acceptors (Lipinski definition) is 3. The number of piperazine rings is 1. The summed E-state index contributed by atoms with van der Waals surface area (Å²) in [4.78, 5) is 2.58. The molecule has 0 radical (unpaired) electrons. The van der Waals surface area contributed by atoms with E-state index in [2.05, 4.69) is 52.1 Å². The lowest BCUT2D eigenvalue weighted by Gasteiger charge is -2.44. The molecule has 116 valence electrons. The minimum absolute atomic E-state index is 0.531. The quantitative estimate of drug-likeness (QED) is 0.894. The summed E-state index contributed by atoms with van der Waals surface area (Å²) in [6, 6.07) is 7.44. The lowest BCUT2D eigenvalue weighted by Crippen LogP contribution is -2.59. The van der Waals surface area contributed by atoms with Crippen molar-refractivity contribution in [2.24, 2.45) is 11.8 Å². The van der Waals surface area contributed by atoms with Gasteiger partial charge in [-0.15, -0.1) is 0 Å². The molecule has 1 saturated carbocycles. The van der Waals surface area contributed by atoms with E-state index in [1.807, 2.05) is 6.07 Å². The highest BCUT2D eigenvalue weighted by Gasteiger charge is 2.38. The minimum atomic E-state index is 0.531. The van der Waals surface area contributed by atoms with Crippen LogP contribution in [0.2, 0.25) is 0 Å². The largest absolute Gasteiger partial charge is 0.497 e. The summed E-state index contributed by atoms with van der Waals surface area (Å²) in [6.45, 7) is 6.79. The number of benzene rings is 1. The van der Waals surface area contributed by atoms with Crippen LogP contribution in [0.15, 0.2) is 22.7 Å². The van der Waals surface area contributed by atoms with Gasteiger partial charge in [0.25, 0.3) is 0 Å². The van der Waals surface area contributed by atoms with Crippen LogP contribution in [0.3, 0.4) is 0 Å². The van der Waals surface area contributed by atoms with Gasteiger partial charge in [-0.25, -0.2) is 0 Å². The van der Waals surface area contributed by atoms with Gasteiger partial charge >= 0.3 is 0 Å². The third-order valence-corrected chi connectivity index (χ3v) is 5.48. The van der Waals surface area contributed by atoms with Crippen molar-refractivity contribution in [2.45, 2.75) is 38.8 Å². The SMILES string of the molecule is COc1ccc(Br)c(N2CC(C3CC3)NCC2C(C)C)c1. The fourth-order valence-electron chi connectivity index (χ4n) is 3.32. The number of anilines is 1. The minimum Gasteiger partial charge on any atom is -0.497 e. The van der Waals surface area contributed by atoms with Gasteiger partial charge in [0.05, 0.1) is 12.8 Å². The first-order chi connectivity index (χ1) is 10.1. The Bertz CT molecular complexity index is 502. The third kappa shape index (κ3) is 3.21. The first kappa shape index (κ1) is 15.2. The van der Waals surface area contributed by atoms with E-state index in [1.54, 1.807) is 7.11 Å². The molecule has 2 unspecified atom stereocenters. The van der Waals surface area contributed by atoms with Gasteiger partial charge < -0.3 is 15.0 Å². The van der Waals surface area contributed by atoms with Crippen LogP contribution in [-0.2, 0) is 0 Å². The third-order valence-electron chi connectivity index (χ3n) is 4.81. The van der Waals surface area contributed by atoms with Crippen molar-refractivity contribution in [1.29, 1.82) is 0 Å². The molecule has 0 amide bonds. The van der Waals surface area contributed by atoms with Crippen LogP contribution in [0, 0.1) is 11.8 Å². The molecule has 1 aliphatic heterocycles. The van der Waals surface area contributed by atoms with Crippen LogP contribution in [0.4, 0.5) is 5.69 Å². The number of nitrogens with zero attached hydrogens (tertiary/aromatic N) is 1. The maximum Gasteiger partial charge on any atom is 0.121 e. The standard InChI is InChI=1S/C17H25BrN2O/c1-11(2)17-9-19-15(12-4-5-12)10-20(17)16-8-13(21-3)6-7-14(16)18/h6-8,11-12,15,17,19H,4-5,9-10H2,1-3H3. The second-order valence-electron chi connectivity index (χ2n) is 6.63. The number of hydrogen-bond donors (Lipinski definition) is 1. The van der Waals surface area contributed by atoms with Gasteiger partial charge in [-0.2, -0.15) is 0 Å². The van der Waals surface area contributed by atoms with Crippen molar-refractivity contribution in [3.8, 4) is 5.75 Å². The maximum atomic E-state index is 5.42. The number of rotatable bonds is 4. The molecule has 1 aromatic carbocycles. The number of halogens is 1. The van der Waals surface area contributed by atoms with E-state index in [1.165, 1.54) is 18.5 Å². The molecule has 0 aromatic heterocycles. The Morgan fingerprint density at radius 2 is 2.10 bits per heavy atom. The number of methoxy groups -OCH3 is 1. The molecular weight excluding hydrogens is 328 g/mol. The molecule has 21 heavy (non-hydrogen) atoms. The molecule has 1 aliphatic carbocycles. The van der Waals surface area contributed by atoms with Gasteiger partial charge in [0.1, 0.15) is 5.75 Å². The van der Waals surface area contributed by atoms with Crippen LogP contribution in [-0.4, -0.2) is 32.3 Å². The average Bonchev–Trinajstić information content (AvgIpc) is 3.32. The zero-order valence-corrected chi connectivity index (χ0v) is 14.7. The average molecular weight is 353 g/mol. The zero-order valence-electron chi connectivity index (χ0n) is 13.1. The normalized spacial score (nSPS) is 26.2.